The zero-order valence-electron chi connectivity index (χ0n) is 27.7. The fourth-order valence-electron chi connectivity index (χ4n) is 4.88. The number of aliphatic imine (C=N–C) groups is 1. The Labute approximate surface area is 292 Å². The Morgan fingerprint density at radius 2 is 1.80 bits per heavy atom. The van der Waals surface area contributed by atoms with E-state index in [-0.39, 0.29) is 45.0 Å². The summed E-state index contributed by atoms with van der Waals surface area (Å²) in [6, 6.07) is 11.4. The van der Waals surface area contributed by atoms with E-state index in [9.17, 15) is 14.7 Å². The van der Waals surface area contributed by atoms with E-state index in [1.165, 1.54) is 42.3 Å². The highest BCUT2D eigenvalue weighted by atomic mass is 35.5. The first kappa shape index (κ1) is 36.7. The van der Waals surface area contributed by atoms with E-state index in [2.05, 4.69) is 15.3 Å². The smallest absolute Gasteiger partial charge is 0.352 e. The molecule has 4 aromatic rings. The molecule has 0 radical (unpaired) electrons. The standard InChI is InChI=1S/C34H36Cl2FN7O5/c1-18(2)29(41-26-15-39-34(43(3)4)42-31(26)49-6)27(28(38)33(46)47)30(20-9-12-23(35)25(37)13-20)40-21-14-24(36)32(45)44(17-21)16-19-7-10-22(48-5)11-8-19/h7-15,17-18,30,40H,16,38H2,1-6H3,(H,46,47). The predicted octanol–water partition coefficient (Wildman–Crippen LogP) is 6.10. The monoisotopic (exact) mass is 711 g/mol. The molecule has 0 aliphatic heterocycles. The molecule has 0 saturated heterocycles. The van der Waals surface area contributed by atoms with Crippen LogP contribution >= 0.6 is 23.2 Å². The van der Waals surface area contributed by atoms with E-state index in [1.807, 2.05) is 0 Å². The number of halogens is 3. The van der Waals surface area contributed by atoms with Gasteiger partial charge in [-0.2, -0.15) is 4.98 Å². The van der Waals surface area contributed by atoms with Gasteiger partial charge in [0.25, 0.3) is 5.56 Å². The second-order valence-electron chi connectivity index (χ2n) is 11.4. The molecule has 15 heteroatoms. The molecule has 0 bridgehead atoms. The first-order valence-electron chi connectivity index (χ1n) is 14.9. The number of aliphatic carboxylic acids is 1. The largest absolute Gasteiger partial charge is 0.497 e. The summed E-state index contributed by atoms with van der Waals surface area (Å²) in [5, 5.41) is 13.2. The molecule has 1 atom stereocenters. The first-order chi connectivity index (χ1) is 23.2. The highest BCUT2D eigenvalue weighted by Gasteiger charge is 2.30. The van der Waals surface area contributed by atoms with Crippen LogP contribution in [0.4, 0.5) is 21.7 Å². The summed E-state index contributed by atoms with van der Waals surface area (Å²) in [6.07, 6.45) is 2.96. The topological polar surface area (TPSA) is 157 Å². The minimum Gasteiger partial charge on any atom is -0.497 e. The Kier molecular flexibility index (Phi) is 11.9. The number of aromatic nitrogens is 3. The van der Waals surface area contributed by atoms with Crippen LogP contribution < -0.4 is 31.0 Å². The molecule has 0 saturated carbocycles. The van der Waals surface area contributed by atoms with Crippen molar-refractivity contribution in [3.8, 4) is 11.6 Å². The molecule has 49 heavy (non-hydrogen) atoms. The lowest BCUT2D eigenvalue weighted by Gasteiger charge is -2.28. The second-order valence-corrected chi connectivity index (χ2v) is 12.2. The summed E-state index contributed by atoms with van der Waals surface area (Å²) in [7, 11) is 6.50. The number of rotatable bonds is 13. The first-order valence-corrected chi connectivity index (χ1v) is 15.6. The van der Waals surface area contributed by atoms with Gasteiger partial charge in [0, 0.05) is 25.9 Å². The Hall–Kier alpha value is -5.14. The minimum atomic E-state index is -1.45. The van der Waals surface area contributed by atoms with Gasteiger partial charge in [-0.3, -0.25) is 4.79 Å². The van der Waals surface area contributed by atoms with Crippen LogP contribution in [-0.2, 0) is 11.3 Å². The third kappa shape index (κ3) is 8.67. The van der Waals surface area contributed by atoms with E-state index < -0.39 is 35.0 Å². The normalized spacial score (nSPS) is 12.7. The number of ether oxygens (including phenoxy) is 2. The van der Waals surface area contributed by atoms with Crippen molar-refractivity contribution in [1.82, 2.24) is 14.5 Å². The van der Waals surface area contributed by atoms with Crippen LogP contribution in [0.2, 0.25) is 10.0 Å². The molecule has 0 fully saturated rings. The van der Waals surface area contributed by atoms with Gasteiger partial charge in [-0.05, 0) is 47.4 Å². The van der Waals surface area contributed by atoms with E-state index in [0.717, 1.165) is 11.6 Å². The molecule has 0 aliphatic carbocycles. The lowest BCUT2D eigenvalue weighted by Crippen LogP contribution is -2.29. The molecular weight excluding hydrogens is 676 g/mol. The van der Waals surface area contributed by atoms with Gasteiger partial charge in [0.1, 0.15) is 28.0 Å². The molecule has 1 unspecified atom stereocenters. The number of carboxylic acid groups (broad SMARTS) is 1. The van der Waals surface area contributed by atoms with Crippen molar-refractivity contribution >= 4 is 52.2 Å². The molecule has 2 aromatic heterocycles. The summed E-state index contributed by atoms with van der Waals surface area (Å²) in [6.45, 7) is 3.74. The number of carbonyl (C=O) groups is 1. The number of nitrogens with two attached hydrogens (primary N) is 1. The van der Waals surface area contributed by atoms with Gasteiger partial charge in [0.05, 0.1) is 49.4 Å². The summed E-state index contributed by atoms with van der Waals surface area (Å²) >= 11 is 12.5. The fraction of sp³-hybridized carbons (Fsp3) is 0.265. The second kappa shape index (κ2) is 15.8. The average molecular weight is 713 g/mol. The third-order valence-electron chi connectivity index (χ3n) is 7.33. The Bertz CT molecular complexity index is 1960. The zero-order chi connectivity index (χ0) is 36.0. The van der Waals surface area contributed by atoms with E-state index in [4.69, 9.17) is 43.4 Å². The summed E-state index contributed by atoms with van der Waals surface area (Å²) in [5.74, 6) is -1.50. The van der Waals surface area contributed by atoms with Gasteiger partial charge in [-0.1, -0.05) is 55.2 Å². The molecule has 258 valence electrons. The van der Waals surface area contributed by atoms with Crippen molar-refractivity contribution in [2.75, 3.05) is 38.5 Å². The van der Waals surface area contributed by atoms with Crippen LogP contribution in [0.3, 0.4) is 0 Å². The molecule has 0 aliphatic rings. The molecule has 0 amide bonds. The van der Waals surface area contributed by atoms with Crippen molar-refractivity contribution in [1.29, 1.82) is 0 Å². The lowest BCUT2D eigenvalue weighted by atomic mass is 9.87. The maximum atomic E-state index is 15.0. The van der Waals surface area contributed by atoms with Gasteiger partial charge in [0.2, 0.25) is 11.8 Å². The Morgan fingerprint density at radius 3 is 2.37 bits per heavy atom. The van der Waals surface area contributed by atoms with Gasteiger partial charge in [0.15, 0.2) is 0 Å². The SMILES string of the molecule is COc1ccc(Cn2cc(NC(C(C(=Nc3cnc(N(C)C)nc3OC)C(C)C)=C(N)C(=O)O)c3ccc(Cl)c(F)c3)cc(Cl)c2=O)cc1. The number of hydrogen-bond donors (Lipinski definition) is 3. The van der Waals surface area contributed by atoms with Crippen LogP contribution in [0.1, 0.15) is 31.0 Å². The Morgan fingerprint density at radius 1 is 1.10 bits per heavy atom. The van der Waals surface area contributed by atoms with Crippen LogP contribution in [-0.4, -0.2) is 59.6 Å². The third-order valence-corrected chi connectivity index (χ3v) is 7.91. The van der Waals surface area contributed by atoms with Gasteiger partial charge in [-0.15, -0.1) is 0 Å². The molecular formula is C34H36Cl2FN7O5. The zero-order valence-corrected chi connectivity index (χ0v) is 29.2. The van der Waals surface area contributed by atoms with Gasteiger partial charge < -0.3 is 35.1 Å². The predicted molar refractivity (Wildman–Crippen MR) is 189 cm³/mol. The highest BCUT2D eigenvalue weighted by Crippen LogP contribution is 2.35. The van der Waals surface area contributed by atoms with Crippen LogP contribution in [0.15, 0.2) is 82.0 Å². The van der Waals surface area contributed by atoms with E-state index in [0.29, 0.717) is 17.4 Å². The van der Waals surface area contributed by atoms with Gasteiger partial charge in [-0.25, -0.2) is 19.2 Å². The van der Waals surface area contributed by atoms with Crippen molar-refractivity contribution < 1.29 is 23.8 Å². The molecule has 2 aromatic carbocycles. The number of carboxylic acids is 1. The average Bonchev–Trinajstić information content (AvgIpc) is 3.07. The Balaban J connectivity index is 1.94. The number of nitrogens with one attached hydrogen (secondary N) is 1. The van der Waals surface area contributed by atoms with Crippen LogP contribution in [0, 0.1) is 11.7 Å². The van der Waals surface area contributed by atoms with Gasteiger partial charge >= 0.3 is 5.97 Å². The summed E-state index contributed by atoms with van der Waals surface area (Å²) < 4.78 is 27.1. The summed E-state index contributed by atoms with van der Waals surface area (Å²) in [4.78, 5) is 40.9. The fourth-order valence-corrected chi connectivity index (χ4v) is 5.23. The maximum Gasteiger partial charge on any atom is 0.352 e. The highest BCUT2D eigenvalue weighted by molar-refractivity contribution is 6.31. The lowest BCUT2D eigenvalue weighted by molar-refractivity contribution is -0.132. The van der Waals surface area contributed by atoms with Crippen LogP contribution in [0.25, 0.3) is 0 Å². The number of anilines is 2. The number of nitrogens with zero attached hydrogens (tertiary/aromatic N) is 5. The molecule has 4 N–H and O–H groups in total. The van der Waals surface area contributed by atoms with E-state index >= 15 is 4.39 Å². The summed E-state index contributed by atoms with van der Waals surface area (Å²) in [5.41, 5.74) is 7.06. The minimum absolute atomic E-state index is 0.00647. The van der Waals surface area contributed by atoms with Crippen molar-refractivity contribution in [3.05, 3.63) is 110 Å². The molecule has 12 nitrogen and oxygen atoms in total. The molecule has 2 heterocycles. The molecule has 4 rings (SSSR count). The van der Waals surface area contributed by atoms with Crippen molar-refractivity contribution in [3.63, 3.8) is 0 Å². The molecule has 0 spiro atoms. The van der Waals surface area contributed by atoms with Crippen molar-refractivity contribution in [2.24, 2.45) is 16.6 Å². The number of benzene rings is 2. The van der Waals surface area contributed by atoms with Crippen molar-refractivity contribution in [2.45, 2.75) is 26.4 Å². The number of hydrogen-bond acceptors (Lipinski definition) is 10. The number of methoxy groups -OCH3 is 2. The maximum absolute atomic E-state index is 15.0. The van der Waals surface area contributed by atoms with Crippen LogP contribution in [0.5, 0.6) is 11.6 Å². The number of pyridine rings is 1. The quantitative estimate of drug-likeness (QED) is 0.109. The van der Waals surface area contributed by atoms with E-state index in [1.54, 1.807) is 64.2 Å².